The summed E-state index contributed by atoms with van der Waals surface area (Å²) in [5, 5.41) is 10.00. The Balaban J connectivity index is 1.87. The van der Waals surface area contributed by atoms with E-state index in [2.05, 4.69) is 15.0 Å². The highest BCUT2D eigenvalue weighted by atomic mass is 32.2. The molecule has 1 N–H and O–H groups in total. The van der Waals surface area contributed by atoms with Gasteiger partial charge in [-0.1, -0.05) is 6.07 Å². The second kappa shape index (κ2) is 8.47. The zero-order chi connectivity index (χ0) is 24.7. The van der Waals surface area contributed by atoms with Crippen LogP contribution in [0.3, 0.4) is 0 Å². The monoisotopic (exact) mass is 490 g/mol. The summed E-state index contributed by atoms with van der Waals surface area (Å²) >= 11 is 0. The maximum atomic E-state index is 13.9. The van der Waals surface area contributed by atoms with Crippen LogP contribution in [-0.4, -0.2) is 40.2 Å². The number of halogens is 4. The van der Waals surface area contributed by atoms with Crippen LogP contribution in [0.2, 0.25) is 0 Å². The van der Waals surface area contributed by atoms with Gasteiger partial charge >= 0.3 is 6.18 Å². The molecule has 8 nitrogen and oxygen atoms in total. The molecule has 0 saturated carbocycles. The molecule has 4 heterocycles. The van der Waals surface area contributed by atoms with E-state index >= 15 is 0 Å². The van der Waals surface area contributed by atoms with E-state index in [-0.39, 0.29) is 28.0 Å². The van der Waals surface area contributed by atoms with E-state index in [4.69, 9.17) is 0 Å². The third kappa shape index (κ3) is 4.20. The molecular weight excluding hydrogens is 476 g/mol. The molecule has 4 aromatic heterocycles. The molecule has 0 spiro atoms. The van der Waals surface area contributed by atoms with E-state index in [9.17, 15) is 31.2 Å². The second-order valence-corrected chi connectivity index (χ2v) is 8.86. The number of fused-ring (bicyclic) bond motifs is 1. The Morgan fingerprint density at radius 2 is 1.88 bits per heavy atom. The number of nitrogens with zero attached hydrogens (tertiary/aromatic N) is 5. The maximum absolute atomic E-state index is 13.9. The molecule has 1 atom stereocenters. The van der Waals surface area contributed by atoms with Gasteiger partial charge in [-0.15, -0.1) is 0 Å². The number of rotatable bonds is 5. The van der Waals surface area contributed by atoms with Crippen molar-refractivity contribution in [1.82, 2.24) is 24.2 Å². The van der Waals surface area contributed by atoms with Crippen molar-refractivity contribution in [1.29, 1.82) is 5.26 Å². The molecule has 174 valence electrons. The molecule has 1 unspecified atom stereocenters. The molecule has 0 fully saturated rings. The van der Waals surface area contributed by atoms with Gasteiger partial charge in [-0.25, -0.2) is 22.8 Å². The second-order valence-electron chi connectivity index (χ2n) is 7.15. The number of hydrogen-bond acceptors (Lipinski definition) is 6. The van der Waals surface area contributed by atoms with Crippen molar-refractivity contribution in [3.63, 3.8) is 0 Å². The number of nitriles is 1. The minimum Gasteiger partial charge on any atom is -0.275 e. The fourth-order valence-electron chi connectivity index (χ4n) is 3.25. The van der Waals surface area contributed by atoms with Crippen LogP contribution in [0.25, 0.3) is 28.2 Å². The minimum absolute atomic E-state index is 0.0135. The highest BCUT2D eigenvalue weighted by molar-refractivity contribution is 7.89. The molecule has 13 heteroatoms. The number of alkyl halides is 3. The molecule has 0 amide bonds. The lowest BCUT2D eigenvalue weighted by molar-refractivity contribution is -0.147. The molecule has 0 aliphatic carbocycles. The quantitative estimate of drug-likeness (QED) is 0.427. The lowest BCUT2D eigenvalue weighted by atomic mass is 10.1. The number of hydrogen-bond donors (Lipinski definition) is 1. The Kier molecular flexibility index (Phi) is 5.80. The van der Waals surface area contributed by atoms with Gasteiger partial charge in [0.15, 0.2) is 0 Å². The van der Waals surface area contributed by atoms with Crippen molar-refractivity contribution in [3.05, 3.63) is 66.4 Å². The van der Waals surface area contributed by atoms with Crippen LogP contribution < -0.4 is 4.72 Å². The summed E-state index contributed by atoms with van der Waals surface area (Å²) in [6, 6.07) is 8.08. The predicted octanol–water partition coefficient (Wildman–Crippen LogP) is 3.72. The maximum Gasteiger partial charge on any atom is 0.404 e. The molecule has 0 bridgehead atoms. The van der Waals surface area contributed by atoms with Crippen molar-refractivity contribution in [3.8, 4) is 23.3 Å². The Labute approximate surface area is 190 Å². The molecule has 0 aliphatic heterocycles. The van der Waals surface area contributed by atoms with Gasteiger partial charge in [0.05, 0.1) is 23.1 Å². The molecule has 4 aromatic rings. The third-order valence-corrected chi connectivity index (χ3v) is 6.40. The first-order valence-corrected chi connectivity index (χ1v) is 11.1. The van der Waals surface area contributed by atoms with E-state index in [0.717, 1.165) is 24.5 Å². The van der Waals surface area contributed by atoms with Crippen LogP contribution in [-0.2, 0) is 10.0 Å². The predicted molar refractivity (Wildman–Crippen MR) is 113 cm³/mol. The smallest absolute Gasteiger partial charge is 0.275 e. The van der Waals surface area contributed by atoms with Crippen LogP contribution in [0.4, 0.5) is 17.6 Å². The minimum atomic E-state index is -4.77. The first-order valence-electron chi connectivity index (χ1n) is 9.60. The van der Waals surface area contributed by atoms with Crippen LogP contribution >= 0.6 is 0 Å². The standard InChI is InChI=1S/C21H14F4N6O2S/c1-12(21(23,24)25)30-34(32,33)14-5-6-17(28-11-14)19-16(9-26)15-8-13(22)10-29-20(15)31(19)18-4-2-3-7-27-18/h2-8,10-12,30H,1H3. The summed E-state index contributed by atoms with van der Waals surface area (Å²) in [6.45, 7) is 0.677. The highest BCUT2D eigenvalue weighted by Crippen LogP contribution is 2.34. The number of aromatic nitrogens is 4. The summed E-state index contributed by atoms with van der Waals surface area (Å²) in [5.74, 6) is -0.338. The summed E-state index contributed by atoms with van der Waals surface area (Å²) in [6.07, 6.45) is -1.43. The Bertz CT molecular complexity index is 1510. The Hall–Kier alpha value is -3.89. The van der Waals surface area contributed by atoms with Crippen LogP contribution in [0.1, 0.15) is 12.5 Å². The van der Waals surface area contributed by atoms with Crippen molar-refractivity contribution < 1.29 is 26.0 Å². The van der Waals surface area contributed by atoms with E-state index in [1.54, 1.807) is 22.9 Å². The Morgan fingerprint density at radius 1 is 1.12 bits per heavy atom. The van der Waals surface area contributed by atoms with Crippen LogP contribution in [0.5, 0.6) is 0 Å². The van der Waals surface area contributed by atoms with E-state index in [1.165, 1.54) is 16.8 Å². The number of sulfonamides is 1. The van der Waals surface area contributed by atoms with E-state index in [0.29, 0.717) is 12.7 Å². The fraction of sp³-hybridized carbons (Fsp3) is 0.143. The first kappa shape index (κ1) is 23.3. The Morgan fingerprint density at radius 3 is 2.47 bits per heavy atom. The van der Waals surface area contributed by atoms with Gasteiger partial charge in [-0.05, 0) is 37.3 Å². The number of nitrogens with one attached hydrogen (secondary N) is 1. The van der Waals surface area contributed by atoms with Crippen LogP contribution in [0.15, 0.2) is 59.9 Å². The van der Waals surface area contributed by atoms with Gasteiger partial charge in [-0.2, -0.15) is 23.2 Å². The molecule has 0 radical (unpaired) electrons. The summed E-state index contributed by atoms with van der Waals surface area (Å²) in [4.78, 5) is 11.9. The topological polar surface area (TPSA) is 114 Å². The summed E-state index contributed by atoms with van der Waals surface area (Å²) < 4.78 is 80.0. The average molecular weight is 490 g/mol. The van der Waals surface area contributed by atoms with Gasteiger partial charge in [0.1, 0.15) is 34.3 Å². The average Bonchev–Trinajstić information content (AvgIpc) is 3.12. The van der Waals surface area contributed by atoms with Gasteiger partial charge in [-0.3, -0.25) is 9.55 Å². The molecule has 4 rings (SSSR count). The van der Waals surface area contributed by atoms with E-state index < -0.39 is 33.0 Å². The molecule has 0 aliphatic rings. The van der Waals surface area contributed by atoms with Crippen LogP contribution in [0, 0.1) is 17.1 Å². The SMILES string of the molecule is CC(NS(=O)(=O)c1ccc(-c2c(C#N)c3cc(F)cnc3n2-c2ccccn2)nc1)C(F)(F)F. The number of pyridine rings is 3. The van der Waals surface area contributed by atoms with Crippen molar-refractivity contribution in [2.75, 3.05) is 0 Å². The highest BCUT2D eigenvalue weighted by Gasteiger charge is 2.39. The zero-order valence-corrected chi connectivity index (χ0v) is 18.1. The van der Waals surface area contributed by atoms with Crippen molar-refractivity contribution in [2.24, 2.45) is 0 Å². The zero-order valence-electron chi connectivity index (χ0n) is 17.2. The van der Waals surface area contributed by atoms with Gasteiger partial charge < -0.3 is 0 Å². The first-order chi connectivity index (χ1) is 16.0. The molecule has 34 heavy (non-hydrogen) atoms. The van der Waals surface area contributed by atoms with Gasteiger partial charge in [0, 0.05) is 17.8 Å². The van der Waals surface area contributed by atoms with Crippen molar-refractivity contribution >= 4 is 21.1 Å². The molecular formula is C21H14F4N6O2S. The lowest BCUT2D eigenvalue weighted by Gasteiger charge is -2.17. The van der Waals surface area contributed by atoms with Gasteiger partial charge in [0.25, 0.3) is 0 Å². The fourth-order valence-corrected chi connectivity index (χ4v) is 4.43. The normalized spacial score (nSPS) is 13.1. The third-order valence-electron chi connectivity index (χ3n) is 4.88. The van der Waals surface area contributed by atoms with Gasteiger partial charge in [0.2, 0.25) is 10.0 Å². The van der Waals surface area contributed by atoms with E-state index in [1.807, 2.05) is 6.07 Å². The molecule has 0 saturated heterocycles. The van der Waals surface area contributed by atoms with Crippen molar-refractivity contribution in [2.45, 2.75) is 24.0 Å². The largest absolute Gasteiger partial charge is 0.404 e. The summed E-state index contributed by atoms with van der Waals surface area (Å²) in [7, 11) is -4.53. The molecule has 0 aromatic carbocycles. The lowest BCUT2D eigenvalue weighted by Crippen LogP contribution is -2.42. The summed E-state index contributed by atoms with van der Waals surface area (Å²) in [5.41, 5.74) is 0.490.